The summed E-state index contributed by atoms with van der Waals surface area (Å²) in [7, 11) is 0. The highest BCUT2D eigenvalue weighted by Gasteiger charge is 2.36. The molecule has 0 aromatic heterocycles. The van der Waals surface area contributed by atoms with Crippen LogP contribution in [0.3, 0.4) is 0 Å². The summed E-state index contributed by atoms with van der Waals surface area (Å²) in [6, 6.07) is 41.0. The molecular weight excluding hydrogens is 426 g/mol. The first kappa shape index (κ1) is 20.1. The zero-order valence-electron chi connectivity index (χ0n) is 19.8. The summed E-state index contributed by atoms with van der Waals surface area (Å²) < 4.78 is 6.48. The topological polar surface area (TPSA) is 12.5 Å². The molecule has 7 rings (SSSR count). The van der Waals surface area contributed by atoms with E-state index in [0.29, 0.717) is 0 Å². The molecular formula is C33H25NO. The van der Waals surface area contributed by atoms with Crippen LogP contribution in [-0.2, 0) is 5.41 Å². The van der Waals surface area contributed by atoms with E-state index in [4.69, 9.17) is 4.74 Å². The van der Waals surface area contributed by atoms with Crippen molar-refractivity contribution >= 4 is 17.1 Å². The van der Waals surface area contributed by atoms with Gasteiger partial charge in [-0.1, -0.05) is 92.7 Å². The molecule has 0 radical (unpaired) electrons. The van der Waals surface area contributed by atoms with Crippen LogP contribution >= 0.6 is 0 Å². The van der Waals surface area contributed by atoms with Gasteiger partial charge >= 0.3 is 0 Å². The van der Waals surface area contributed by atoms with E-state index in [1.54, 1.807) is 0 Å². The Hall–Kier alpha value is -4.30. The summed E-state index contributed by atoms with van der Waals surface area (Å²) in [5.74, 6) is 1.77. The van der Waals surface area contributed by atoms with Crippen molar-refractivity contribution in [3.05, 3.63) is 126 Å². The van der Waals surface area contributed by atoms with Crippen LogP contribution < -0.4 is 9.64 Å². The molecule has 0 fully saturated rings. The highest BCUT2D eigenvalue weighted by molar-refractivity contribution is 5.94. The van der Waals surface area contributed by atoms with Crippen molar-refractivity contribution in [2.24, 2.45) is 0 Å². The number of anilines is 3. The van der Waals surface area contributed by atoms with Crippen LogP contribution in [0.5, 0.6) is 11.5 Å². The van der Waals surface area contributed by atoms with E-state index >= 15 is 0 Å². The third-order valence-corrected chi connectivity index (χ3v) is 7.47. The van der Waals surface area contributed by atoms with Gasteiger partial charge in [0.25, 0.3) is 0 Å². The number of ether oxygens (including phenoxy) is 1. The molecule has 0 spiro atoms. The van der Waals surface area contributed by atoms with Crippen molar-refractivity contribution in [1.29, 1.82) is 0 Å². The summed E-state index contributed by atoms with van der Waals surface area (Å²) >= 11 is 0. The predicted octanol–water partition coefficient (Wildman–Crippen LogP) is 9.24. The van der Waals surface area contributed by atoms with Crippen LogP contribution in [-0.4, -0.2) is 0 Å². The van der Waals surface area contributed by atoms with Gasteiger partial charge in [0.2, 0.25) is 0 Å². The Morgan fingerprint density at radius 1 is 0.514 bits per heavy atom. The van der Waals surface area contributed by atoms with Gasteiger partial charge < -0.3 is 9.64 Å². The van der Waals surface area contributed by atoms with Crippen LogP contribution in [0.15, 0.2) is 115 Å². The molecule has 0 N–H and O–H groups in total. The molecule has 0 saturated heterocycles. The van der Waals surface area contributed by atoms with Crippen molar-refractivity contribution < 1.29 is 4.74 Å². The monoisotopic (exact) mass is 451 g/mol. The fraction of sp³-hybridized carbons (Fsp3) is 0.0909. The Kier molecular flexibility index (Phi) is 4.22. The van der Waals surface area contributed by atoms with Crippen LogP contribution in [0.4, 0.5) is 17.1 Å². The number of hydrogen-bond acceptors (Lipinski definition) is 2. The van der Waals surface area contributed by atoms with Gasteiger partial charge in [0.1, 0.15) is 11.5 Å². The highest BCUT2D eigenvalue weighted by Crippen LogP contribution is 2.53. The van der Waals surface area contributed by atoms with Gasteiger partial charge in [-0.25, -0.2) is 0 Å². The molecule has 0 bridgehead atoms. The lowest BCUT2D eigenvalue weighted by Crippen LogP contribution is -2.30. The number of fused-ring (bicyclic) bond motifs is 7. The van der Waals surface area contributed by atoms with Crippen molar-refractivity contribution in [2.75, 3.05) is 4.90 Å². The standard InChI is InChI=1S/C33H25NO/c1-33(2)27-14-6-8-16-29(27)34(30-17-9-7-15-28(30)33)22-19-20-32-26(21-22)24-12-4-3-11-23(24)25-13-5-10-18-31(25)35-32/h3-21H,1-2H3. The summed E-state index contributed by atoms with van der Waals surface area (Å²) in [5.41, 5.74) is 10.8. The van der Waals surface area contributed by atoms with Gasteiger partial charge in [0.15, 0.2) is 0 Å². The first-order chi connectivity index (χ1) is 17.1. The lowest BCUT2D eigenvalue weighted by molar-refractivity contribution is 0.488. The van der Waals surface area contributed by atoms with E-state index < -0.39 is 0 Å². The Balaban J connectivity index is 1.48. The molecule has 2 heterocycles. The molecule has 168 valence electrons. The van der Waals surface area contributed by atoms with Crippen molar-refractivity contribution in [3.8, 4) is 33.8 Å². The van der Waals surface area contributed by atoms with E-state index in [9.17, 15) is 0 Å². The lowest BCUT2D eigenvalue weighted by atomic mass is 9.73. The second-order valence-electron chi connectivity index (χ2n) is 9.82. The second-order valence-corrected chi connectivity index (χ2v) is 9.82. The van der Waals surface area contributed by atoms with Crippen LogP contribution in [0.25, 0.3) is 22.3 Å². The maximum absolute atomic E-state index is 6.48. The largest absolute Gasteiger partial charge is 0.456 e. The molecule has 0 amide bonds. The van der Waals surface area contributed by atoms with Gasteiger partial charge in [-0.2, -0.15) is 0 Å². The Morgan fingerprint density at radius 2 is 1.03 bits per heavy atom. The highest BCUT2D eigenvalue weighted by atomic mass is 16.5. The third-order valence-electron chi connectivity index (χ3n) is 7.47. The molecule has 2 nitrogen and oxygen atoms in total. The lowest BCUT2D eigenvalue weighted by Gasteiger charge is -2.42. The maximum Gasteiger partial charge on any atom is 0.135 e. The molecule has 35 heavy (non-hydrogen) atoms. The van der Waals surface area contributed by atoms with E-state index in [1.165, 1.54) is 33.6 Å². The average molecular weight is 452 g/mol. The van der Waals surface area contributed by atoms with E-state index in [0.717, 1.165) is 28.3 Å². The minimum Gasteiger partial charge on any atom is -0.456 e. The fourth-order valence-electron chi connectivity index (χ4n) is 5.75. The van der Waals surface area contributed by atoms with Gasteiger partial charge in [0, 0.05) is 22.2 Å². The maximum atomic E-state index is 6.48. The van der Waals surface area contributed by atoms with Gasteiger partial charge in [-0.15, -0.1) is 0 Å². The van der Waals surface area contributed by atoms with E-state index in [1.807, 2.05) is 12.1 Å². The zero-order chi connectivity index (χ0) is 23.6. The third kappa shape index (κ3) is 2.90. The number of nitrogens with zero attached hydrogens (tertiary/aromatic N) is 1. The zero-order valence-corrected chi connectivity index (χ0v) is 19.8. The normalized spacial score (nSPS) is 14.4. The SMILES string of the molecule is CC1(C)c2ccccc2N(c2ccc3c(c2)-c2ccccc2-c2ccccc2O3)c2ccccc21. The Morgan fingerprint density at radius 3 is 1.71 bits per heavy atom. The second kappa shape index (κ2) is 7.35. The average Bonchev–Trinajstić information content (AvgIpc) is 3.04. The Labute approximate surface area is 206 Å². The number of rotatable bonds is 1. The quantitative estimate of drug-likeness (QED) is 0.247. The summed E-state index contributed by atoms with van der Waals surface area (Å²) in [6.45, 7) is 4.64. The van der Waals surface area contributed by atoms with Gasteiger partial charge in [-0.3, -0.25) is 0 Å². The van der Waals surface area contributed by atoms with Crippen molar-refractivity contribution in [3.63, 3.8) is 0 Å². The van der Waals surface area contributed by atoms with E-state index in [2.05, 4.69) is 122 Å². The molecule has 0 unspecified atom stereocenters. The fourth-order valence-corrected chi connectivity index (χ4v) is 5.75. The molecule has 5 aromatic rings. The minimum absolute atomic E-state index is 0.0767. The van der Waals surface area contributed by atoms with Gasteiger partial charge in [0.05, 0.1) is 11.4 Å². The molecule has 0 atom stereocenters. The smallest absolute Gasteiger partial charge is 0.135 e. The molecule has 2 heteroatoms. The number of hydrogen-bond donors (Lipinski definition) is 0. The summed E-state index contributed by atoms with van der Waals surface area (Å²) in [5, 5.41) is 0. The Bertz CT molecular complexity index is 1560. The molecule has 0 saturated carbocycles. The van der Waals surface area contributed by atoms with Gasteiger partial charge in [-0.05, 0) is 58.7 Å². The summed E-state index contributed by atoms with van der Waals surface area (Å²) in [4.78, 5) is 2.40. The number of para-hydroxylation sites is 3. The molecule has 5 aromatic carbocycles. The molecule has 2 aliphatic rings. The van der Waals surface area contributed by atoms with Crippen LogP contribution in [0, 0.1) is 0 Å². The van der Waals surface area contributed by atoms with Crippen LogP contribution in [0.1, 0.15) is 25.0 Å². The van der Waals surface area contributed by atoms with Crippen LogP contribution in [0.2, 0.25) is 0 Å². The first-order valence-electron chi connectivity index (χ1n) is 12.1. The van der Waals surface area contributed by atoms with Crippen molar-refractivity contribution in [1.82, 2.24) is 0 Å². The minimum atomic E-state index is -0.0767. The number of benzene rings is 5. The predicted molar refractivity (Wildman–Crippen MR) is 144 cm³/mol. The van der Waals surface area contributed by atoms with Crippen molar-refractivity contribution in [2.45, 2.75) is 19.3 Å². The van der Waals surface area contributed by atoms with E-state index in [-0.39, 0.29) is 5.41 Å². The molecule has 0 aliphatic carbocycles. The summed E-state index contributed by atoms with van der Waals surface area (Å²) in [6.07, 6.45) is 0. The molecule has 2 aliphatic heterocycles. The first-order valence-corrected chi connectivity index (χ1v) is 12.1.